The molecule has 0 aliphatic heterocycles. The first kappa shape index (κ1) is 12.1. The highest BCUT2D eigenvalue weighted by molar-refractivity contribution is 7.09. The average molecular weight is 238 g/mol. The Bertz CT molecular complexity index is 319. The quantitative estimate of drug-likeness (QED) is 0.847. The van der Waals surface area contributed by atoms with Crippen LogP contribution in [0.4, 0.5) is 0 Å². The van der Waals surface area contributed by atoms with E-state index >= 15 is 0 Å². The van der Waals surface area contributed by atoms with Gasteiger partial charge >= 0.3 is 0 Å². The van der Waals surface area contributed by atoms with Crippen LogP contribution in [0.5, 0.6) is 0 Å². The van der Waals surface area contributed by atoms with Crippen LogP contribution in [0, 0.1) is 11.8 Å². The van der Waals surface area contributed by atoms with E-state index in [1.54, 1.807) is 11.3 Å². The van der Waals surface area contributed by atoms with E-state index in [0.717, 1.165) is 19.3 Å². The van der Waals surface area contributed by atoms with Gasteiger partial charge < -0.3 is 5.11 Å². The zero-order valence-corrected chi connectivity index (χ0v) is 11.1. The van der Waals surface area contributed by atoms with Crippen molar-refractivity contribution in [1.82, 2.24) is 0 Å². The molecule has 90 valence electrons. The number of hydrogen-bond acceptors (Lipinski definition) is 2. The Morgan fingerprint density at radius 2 is 2.31 bits per heavy atom. The van der Waals surface area contributed by atoms with Crippen molar-refractivity contribution in [1.29, 1.82) is 0 Å². The summed E-state index contributed by atoms with van der Waals surface area (Å²) in [7, 11) is 0. The van der Waals surface area contributed by atoms with Gasteiger partial charge in [0.2, 0.25) is 0 Å². The minimum Gasteiger partial charge on any atom is -0.390 e. The molecule has 0 bridgehead atoms. The molecule has 2 heteroatoms. The van der Waals surface area contributed by atoms with Crippen molar-refractivity contribution in [2.24, 2.45) is 11.8 Å². The van der Waals surface area contributed by atoms with Crippen LogP contribution in [0.2, 0.25) is 0 Å². The van der Waals surface area contributed by atoms with E-state index in [1.807, 2.05) is 0 Å². The van der Waals surface area contributed by atoms with Gasteiger partial charge in [0.05, 0.1) is 5.60 Å². The molecule has 16 heavy (non-hydrogen) atoms. The van der Waals surface area contributed by atoms with Crippen molar-refractivity contribution in [2.75, 3.05) is 0 Å². The Hall–Kier alpha value is -0.340. The van der Waals surface area contributed by atoms with Crippen molar-refractivity contribution in [3.8, 4) is 0 Å². The number of thiophene rings is 1. The van der Waals surface area contributed by atoms with Gasteiger partial charge in [-0.2, -0.15) is 0 Å². The van der Waals surface area contributed by atoms with Gasteiger partial charge in [-0.3, -0.25) is 0 Å². The van der Waals surface area contributed by atoms with Gasteiger partial charge in [0.1, 0.15) is 0 Å². The van der Waals surface area contributed by atoms with Gasteiger partial charge in [0.15, 0.2) is 0 Å². The Kier molecular flexibility index (Phi) is 3.70. The van der Waals surface area contributed by atoms with Crippen LogP contribution in [0.25, 0.3) is 0 Å². The molecule has 3 unspecified atom stereocenters. The molecule has 0 amide bonds. The Morgan fingerprint density at radius 3 is 3.00 bits per heavy atom. The third kappa shape index (κ3) is 2.49. The summed E-state index contributed by atoms with van der Waals surface area (Å²) in [4.78, 5) is 1.40. The van der Waals surface area contributed by atoms with E-state index in [1.165, 1.54) is 17.7 Å². The van der Waals surface area contributed by atoms with E-state index in [4.69, 9.17) is 0 Å². The summed E-state index contributed by atoms with van der Waals surface area (Å²) in [6.07, 6.45) is 5.42. The van der Waals surface area contributed by atoms with Crippen LogP contribution >= 0.6 is 11.3 Å². The minimum absolute atomic E-state index is 0.415. The smallest absolute Gasteiger partial charge is 0.0679 e. The zero-order chi connectivity index (χ0) is 11.6. The number of aliphatic hydroxyl groups is 1. The third-order valence-corrected chi connectivity index (χ3v) is 5.29. The number of hydrogen-bond donors (Lipinski definition) is 1. The summed E-state index contributed by atoms with van der Waals surface area (Å²) in [5, 5.41) is 12.8. The third-order valence-electron chi connectivity index (χ3n) is 4.35. The average Bonchev–Trinajstić information content (AvgIpc) is 2.76. The lowest BCUT2D eigenvalue weighted by Gasteiger charge is -2.42. The molecule has 1 aromatic rings. The van der Waals surface area contributed by atoms with E-state index < -0.39 is 5.60 Å². The number of aryl methyl sites for hydroxylation is 1. The van der Waals surface area contributed by atoms with Gasteiger partial charge in [-0.05, 0) is 42.5 Å². The predicted molar refractivity (Wildman–Crippen MR) is 69.8 cm³/mol. The first-order valence-electron chi connectivity index (χ1n) is 6.36. The molecule has 1 nitrogen and oxygen atoms in total. The minimum atomic E-state index is -0.415. The molecule has 0 radical (unpaired) electrons. The van der Waals surface area contributed by atoms with Crippen LogP contribution < -0.4 is 0 Å². The van der Waals surface area contributed by atoms with Gasteiger partial charge in [-0.15, -0.1) is 11.3 Å². The monoisotopic (exact) mass is 238 g/mol. The van der Waals surface area contributed by atoms with Crippen LogP contribution in [-0.4, -0.2) is 10.7 Å². The highest BCUT2D eigenvalue weighted by Gasteiger charge is 2.39. The molecule has 0 spiro atoms. The van der Waals surface area contributed by atoms with Crippen LogP contribution in [-0.2, 0) is 6.42 Å². The Balaban J connectivity index is 1.96. The van der Waals surface area contributed by atoms with Crippen molar-refractivity contribution in [3.05, 3.63) is 22.4 Å². The van der Waals surface area contributed by atoms with Crippen molar-refractivity contribution in [3.63, 3.8) is 0 Å². The molecule has 1 fully saturated rings. The summed E-state index contributed by atoms with van der Waals surface area (Å²) in [5.74, 6) is 1.11. The highest BCUT2D eigenvalue weighted by atomic mass is 32.1. The molecule has 1 aliphatic carbocycles. The van der Waals surface area contributed by atoms with E-state index in [9.17, 15) is 5.11 Å². The molecule has 0 saturated heterocycles. The SMILES string of the molecule is CC1CCCC(O)(CCc2cccs2)C1C. The second-order valence-electron chi connectivity index (χ2n) is 5.34. The summed E-state index contributed by atoms with van der Waals surface area (Å²) in [6.45, 7) is 4.50. The predicted octanol–water partition coefficient (Wildman–Crippen LogP) is 3.87. The van der Waals surface area contributed by atoms with Gasteiger partial charge in [0, 0.05) is 4.88 Å². The van der Waals surface area contributed by atoms with Crippen molar-refractivity contribution in [2.45, 2.75) is 51.6 Å². The van der Waals surface area contributed by atoms with E-state index in [2.05, 4.69) is 31.4 Å². The zero-order valence-electron chi connectivity index (χ0n) is 10.3. The Labute approximate surface area is 103 Å². The molecular weight excluding hydrogens is 216 g/mol. The second-order valence-corrected chi connectivity index (χ2v) is 6.37. The molecule has 0 aromatic carbocycles. The summed E-state index contributed by atoms with van der Waals surface area (Å²) < 4.78 is 0. The first-order valence-corrected chi connectivity index (χ1v) is 7.24. The van der Waals surface area contributed by atoms with Gasteiger partial charge in [-0.1, -0.05) is 32.8 Å². The fraction of sp³-hybridized carbons (Fsp3) is 0.714. The first-order chi connectivity index (χ1) is 7.62. The van der Waals surface area contributed by atoms with E-state index in [-0.39, 0.29) is 0 Å². The Morgan fingerprint density at radius 1 is 1.50 bits per heavy atom. The normalized spacial score (nSPS) is 35.2. The second kappa shape index (κ2) is 4.89. The van der Waals surface area contributed by atoms with Crippen molar-refractivity contribution >= 4 is 11.3 Å². The molecule has 2 rings (SSSR count). The molecular formula is C14H22OS. The van der Waals surface area contributed by atoms with Crippen LogP contribution in [0.3, 0.4) is 0 Å². The lowest BCUT2D eigenvalue weighted by atomic mass is 9.69. The standard InChI is InChI=1S/C14H22OS/c1-11-5-3-8-14(15,12(11)2)9-7-13-6-4-10-16-13/h4,6,10-12,15H,3,5,7-9H2,1-2H3. The van der Waals surface area contributed by atoms with Crippen molar-refractivity contribution < 1.29 is 5.11 Å². The fourth-order valence-electron chi connectivity index (χ4n) is 2.88. The van der Waals surface area contributed by atoms with Gasteiger partial charge in [0.25, 0.3) is 0 Å². The van der Waals surface area contributed by atoms with Crippen LogP contribution in [0.15, 0.2) is 17.5 Å². The van der Waals surface area contributed by atoms with E-state index in [0.29, 0.717) is 11.8 Å². The molecule has 1 aliphatic rings. The molecule has 1 saturated carbocycles. The van der Waals surface area contributed by atoms with Crippen LogP contribution in [0.1, 0.15) is 44.4 Å². The molecule has 1 aromatic heterocycles. The molecule has 3 atom stereocenters. The summed E-state index contributed by atoms with van der Waals surface area (Å²) >= 11 is 1.80. The molecule has 1 heterocycles. The summed E-state index contributed by atoms with van der Waals surface area (Å²) in [5.41, 5.74) is -0.415. The fourth-order valence-corrected chi connectivity index (χ4v) is 3.59. The largest absolute Gasteiger partial charge is 0.390 e. The topological polar surface area (TPSA) is 20.2 Å². The maximum atomic E-state index is 10.7. The lowest BCUT2D eigenvalue weighted by Crippen LogP contribution is -2.43. The van der Waals surface area contributed by atoms with Gasteiger partial charge in [-0.25, -0.2) is 0 Å². The lowest BCUT2D eigenvalue weighted by molar-refractivity contribution is -0.0683. The number of rotatable bonds is 3. The maximum absolute atomic E-state index is 10.7. The highest BCUT2D eigenvalue weighted by Crippen LogP contribution is 2.40. The maximum Gasteiger partial charge on any atom is 0.0679 e. The molecule has 1 N–H and O–H groups in total. The summed E-state index contributed by atoms with van der Waals surface area (Å²) in [6, 6.07) is 4.27.